The molecule has 1 aliphatic rings. The molecule has 2 unspecified atom stereocenters. The molecule has 3 N–H and O–H groups in total. The molecule has 0 saturated heterocycles. The molecule has 0 radical (unpaired) electrons. The van der Waals surface area contributed by atoms with E-state index in [1.807, 2.05) is 0 Å². The summed E-state index contributed by atoms with van der Waals surface area (Å²) in [5.74, 6) is -0.274. The van der Waals surface area contributed by atoms with Crippen molar-refractivity contribution in [2.24, 2.45) is 5.73 Å². The van der Waals surface area contributed by atoms with Crippen LogP contribution in [0, 0.1) is 0 Å². The summed E-state index contributed by atoms with van der Waals surface area (Å²) in [6, 6.07) is 5.33. The molecule has 0 amide bonds. The highest BCUT2D eigenvalue weighted by molar-refractivity contribution is 6.36. The van der Waals surface area contributed by atoms with Crippen molar-refractivity contribution in [3.8, 4) is 0 Å². The van der Waals surface area contributed by atoms with Crippen LogP contribution < -0.4 is 5.73 Å². The Kier molecular flexibility index (Phi) is 5.32. The van der Waals surface area contributed by atoms with Gasteiger partial charge in [0, 0.05) is 36.0 Å². The molecule has 0 aromatic heterocycles. The number of benzene rings is 1. The Hall–Kier alpha value is -0.320. The van der Waals surface area contributed by atoms with Gasteiger partial charge >= 0.3 is 0 Å². The summed E-state index contributed by atoms with van der Waals surface area (Å²) in [5, 5.41) is 11.7. The predicted octanol–water partition coefficient (Wildman–Crippen LogP) is 3.36. The highest BCUT2D eigenvalue weighted by Gasteiger charge is 2.40. The topological polar surface area (TPSA) is 55.5 Å². The number of ether oxygens (including phenoxy) is 1. The lowest BCUT2D eigenvalue weighted by Gasteiger charge is -2.43. The van der Waals surface area contributed by atoms with Crippen molar-refractivity contribution >= 4 is 23.2 Å². The lowest BCUT2D eigenvalue weighted by atomic mass is 9.73. The van der Waals surface area contributed by atoms with Gasteiger partial charge in [0.25, 0.3) is 0 Å². The maximum atomic E-state index is 10.6. The molecule has 1 aromatic carbocycles. The number of nitrogens with two attached hydrogens (primary N) is 1. The first-order valence-corrected chi connectivity index (χ1v) is 7.66. The third-order valence-electron chi connectivity index (χ3n) is 4.37. The smallest absolute Gasteiger partial charge is 0.0703 e. The van der Waals surface area contributed by atoms with Crippen molar-refractivity contribution in [3.05, 3.63) is 33.8 Å². The van der Waals surface area contributed by atoms with Crippen LogP contribution in [0.1, 0.15) is 37.2 Å². The van der Waals surface area contributed by atoms with Crippen LogP contribution in [0.25, 0.3) is 0 Å². The van der Waals surface area contributed by atoms with Crippen LogP contribution in [-0.2, 0) is 4.74 Å². The minimum atomic E-state index is -0.613. The Morgan fingerprint density at radius 2 is 1.95 bits per heavy atom. The number of aliphatic hydroxyl groups excluding tert-OH is 1. The van der Waals surface area contributed by atoms with Crippen LogP contribution in [-0.4, -0.2) is 30.5 Å². The number of hydrogen-bond donors (Lipinski definition) is 2. The predicted molar refractivity (Wildman–Crippen MR) is 82.5 cm³/mol. The summed E-state index contributed by atoms with van der Waals surface area (Å²) in [6.45, 7) is 0.296. The second-order valence-electron chi connectivity index (χ2n) is 5.49. The molecule has 0 heterocycles. The second kappa shape index (κ2) is 6.63. The Labute approximate surface area is 130 Å². The quantitative estimate of drug-likeness (QED) is 0.846. The van der Waals surface area contributed by atoms with Crippen molar-refractivity contribution in [1.29, 1.82) is 0 Å². The lowest BCUT2D eigenvalue weighted by molar-refractivity contribution is -0.102. The van der Waals surface area contributed by atoms with Gasteiger partial charge in [-0.15, -0.1) is 0 Å². The number of hydrogen-bond acceptors (Lipinski definition) is 3. The molecule has 1 aromatic rings. The van der Waals surface area contributed by atoms with E-state index in [-0.39, 0.29) is 11.5 Å². The van der Waals surface area contributed by atoms with E-state index in [9.17, 15) is 5.11 Å². The zero-order valence-corrected chi connectivity index (χ0v) is 13.1. The van der Waals surface area contributed by atoms with E-state index in [1.54, 1.807) is 25.3 Å². The van der Waals surface area contributed by atoms with Gasteiger partial charge in [-0.25, -0.2) is 0 Å². The van der Waals surface area contributed by atoms with Crippen molar-refractivity contribution < 1.29 is 9.84 Å². The van der Waals surface area contributed by atoms with Gasteiger partial charge in [0.2, 0.25) is 0 Å². The molecule has 5 heteroatoms. The molecule has 0 aliphatic heterocycles. The van der Waals surface area contributed by atoms with Gasteiger partial charge in [0.05, 0.1) is 11.7 Å². The molecule has 1 aliphatic carbocycles. The van der Waals surface area contributed by atoms with Crippen LogP contribution in [0.2, 0.25) is 10.0 Å². The van der Waals surface area contributed by atoms with Gasteiger partial charge in [-0.1, -0.05) is 29.3 Å². The third-order valence-corrected chi connectivity index (χ3v) is 5.03. The first-order valence-electron chi connectivity index (χ1n) is 6.90. The van der Waals surface area contributed by atoms with Crippen molar-refractivity contribution in [1.82, 2.24) is 0 Å². The third kappa shape index (κ3) is 3.12. The van der Waals surface area contributed by atoms with E-state index in [1.165, 1.54) is 0 Å². The Balaban J connectivity index is 2.19. The summed E-state index contributed by atoms with van der Waals surface area (Å²) < 4.78 is 5.57. The zero-order chi connectivity index (χ0) is 14.8. The fourth-order valence-corrected chi connectivity index (χ4v) is 3.60. The normalized spacial score (nSPS) is 20.2. The average Bonchev–Trinajstić information content (AvgIpc) is 2.38. The van der Waals surface area contributed by atoms with Gasteiger partial charge in [0.1, 0.15) is 0 Å². The average molecular weight is 318 g/mol. The summed E-state index contributed by atoms with van der Waals surface area (Å²) >= 11 is 12.4. The van der Waals surface area contributed by atoms with Crippen LogP contribution in [0.15, 0.2) is 18.2 Å². The molecule has 0 bridgehead atoms. The number of aliphatic hydroxyl groups is 1. The number of rotatable bonds is 6. The molecule has 2 atom stereocenters. The maximum absolute atomic E-state index is 10.6. The van der Waals surface area contributed by atoms with E-state index >= 15 is 0 Å². The van der Waals surface area contributed by atoms with Crippen molar-refractivity contribution in [2.75, 3.05) is 13.7 Å². The summed E-state index contributed by atoms with van der Waals surface area (Å²) in [6.07, 6.45) is 3.05. The molecular weight excluding hydrogens is 297 g/mol. The first-order chi connectivity index (χ1) is 9.53. The van der Waals surface area contributed by atoms with E-state index in [0.717, 1.165) is 24.8 Å². The molecule has 3 nitrogen and oxygen atoms in total. The van der Waals surface area contributed by atoms with Crippen LogP contribution >= 0.6 is 23.2 Å². The molecule has 1 fully saturated rings. The zero-order valence-electron chi connectivity index (χ0n) is 11.6. The van der Waals surface area contributed by atoms with Crippen LogP contribution in [0.4, 0.5) is 0 Å². The molecular formula is C15H21Cl2NO2. The van der Waals surface area contributed by atoms with Gasteiger partial charge in [0.15, 0.2) is 0 Å². The van der Waals surface area contributed by atoms with Gasteiger partial charge in [-0.2, -0.15) is 0 Å². The Morgan fingerprint density at radius 3 is 2.35 bits per heavy atom. The minimum absolute atomic E-state index is 0.208. The summed E-state index contributed by atoms with van der Waals surface area (Å²) in [4.78, 5) is 0. The van der Waals surface area contributed by atoms with E-state index in [4.69, 9.17) is 33.7 Å². The maximum Gasteiger partial charge on any atom is 0.0703 e. The lowest BCUT2D eigenvalue weighted by Crippen LogP contribution is -2.44. The fourth-order valence-electron chi connectivity index (χ4n) is 2.92. The van der Waals surface area contributed by atoms with E-state index in [2.05, 4.69) is 0 Å². The molecule has 20 heavy (non-hydrogen) atoms. The SMILES string of the molecule is COC1(CC(O)C(CN)c2c(Cl)cccc2Cl)CCC1. The van der Waals surface area contributed by atoms with Crippen molar-refractivity contribution in [3.63, 3.8) is 0 Å². The van der Waals surface area contributed by atoms with Crippen LogP contribution in [0.5, 0.6) is 0 Å². The van der Waals surface area contributed by atoms with Crippen LogP contribution in [0.3, 0.4) is 0 Å². The largest absolute Gasteiger partial charge is 0.392 e. The van der Waals surface area contributed by atoms with Gasteiger partial charge in [-0.05, 0) is 37.0 Å². The molecule has 2 rings (SSSR count). The monoisotopic (exact) mass is 317 g/mol. The Bertz CT molecular complexity index is 437. The summed E-state index contributed by atoms with van der Waals surface area (Å²) in [7, 11) is 1.70. The highest BCUT2D eigenvalue weighted by Crippen LogP contribution is 2.42. The van der Waals surface area contributed by atoms with Crippen molar-refractivity contribution in [2.45, 2.75) is 43.3 Å². The molecule has 112 valence electrons. The fraction of sp³-hybridized carbons (Fsp3) is 0.600. The van der Waals surface area contributed by atoms with Gasteiger partial charge < -0.3 is 15.6 Å². The molecule has 1 saturated carbocycles. The van der Waals surface area contributed by atoms with Gasteiger partial charge in [-0.3, -0.25) is 0 Å². The first kappa shape index (κ1) is 16.1. The number of halogens is 2. The van der Waals surface area contributed by atoms with E-state index in [0.29, 0.717) is 23.0 Å². The highest BCUT2D eigenvalue weighted by atomic mass is 35.5. The Morgan fingerprint density at radius 1 is 1.35 bits per heavy atom. The van der Waals surface area contributed by atoms with E-state index < -0.39 is 6.10 Å². The standard InChI is InChI=1S/C15H21Cl2NO2/c1-20-15(6-3-7-15)8-13(19)10(9-18)14-11(16)4-2-5-12(14)17/h2,4-5,10,13,19H,3,6-9,18H2,1H3. The minimum Gasteiger partial charge on any atom is -0.392 e. The second-order valence-corrected chi connectivity index (χ2v) is 6.30. The number of methoxy groups -OCH3 is 1. The summed E-state index contributed by atoms with van der Waals surface area (Å²) in [5.41, 5.74) is 6.37. The molecule has 0 spiro atoms.